The molecule has 118 valence electrons. The van der Waals surface area contributed by atoms with Gasteiger partial charge in [-0.1, -0.05) is 54.6 Å². The Hall–Kier alpha value is -3.21. The van der Waals surface area contributed by atoms with Gasteiger partial charge in [0, 0.05) is 18.9 Å². The first-order chi connectivity index (χ1) is 11.8. The SMILES string of the molecule is Cc1nnc2c(NCc3ccc(-c4ccccc4)cc3)nccn12. The largest absolute Gasteiger partial charge is 0.363 e. The van der Waals surface area contributed by atoms with Crippen LogP contribution in [-0.4, -0.2) is 19.6 Å². The van der Waals surface area contributed by atoms with E-state index in [1.807, 2.05) is 23.6 Å². The summed E-state index contributed by atoms with van der Waals surface area (Å²) >= 11 is 0. The first-order valence-electron chi connectivity index (χ1n) is 7.86. The molecule has 0 aliphatic carbocycles. The molecule has 0 radical (unpaired) electrons. The molecule has 0 aliphatic heterocycles. The van der Waals surface area contributed by atoms with Crippen molar-refractivity contribution in [3.05, 3.63) is 78.4 Å². The second-order valence-electron chi connectivity index (χ2n) is 5.63. The molecule has 0 unspecified atom stereocenters. The maximum absolute atomic E-state index is 4.37. The maximum Gasteiger partial charge on any atom is 0.203 e. The van der Waals surface area contributed by atoms with E-state index < -0.39 is 0 Å². The quantitative estimate of drug-likeness (QED) is 0.624. The first kappa shape index (κ1) is 14.4. The maximum atomic E-state index is 4.37. The van der Waals surface area contributed by atoms with Crippen molar-refractivity contribution in [1.82, 2.24) is 19.6 Å². The fraction of sp³-hybridized carbons (Fsp3) is 0.105. The average Bonchev–Trinajstić information content (AvgIpc) is 3.03. The number of aromatic nitrogens is 4. The van der Waals surface area contributed by atoms with Gasteiger partial charge in [0.05, 0.1) is 0 Å². The minimum absolute atomic E-state index is 0.688. The fourth-order valence-electron chi connectivity index (χ4n) is 2.70. The molecule has 0 bridgehead atoms. The van der Waals surface area contributed by atoms with E-state index in [1.165, 1.54) is 16.7 Å². The summed E-state index contributed by atoms with van der Waals surface area (Å²) in [5.74, 6) is 1.59. The van der Waals surface area contributed by atoms with Crippen LogP contribution in [0.15, 0.2) is 67.0 Å². The zero-order valence-electron chi connectivity index (χ0n) is 13.3. The van der Waals surface area contributed by atoms with Crippen LogP contribution in [0.4, 0.5) is 5.82 Å². The number of fused-ring (bicyclic) bond motifs is 1. The third-order valence-corrected chi connectivity index (χ3v) is 4.02. The Balaban J connectivity index is 1.51. The van der Waals surface area contributed by atoms with Crippen LogP contribution in [0.25, 0.3) is 16.8 Å². The highest BCUT2D eigenvalue weighted by Crippen LogP contribution is 2.20. The standard InChI is InChI=1S/C19H17N5/c1-14-22-23-19-18(20-11-12-24(14)19)21-13-15-7-9-17(10-8-15)16-5-3-2-4-6-16/h2-12H,13H2,1H3,(H,20,21). The van der Waals surface area contributed by atoms with Crippen molar-refractivity contribution in [2.75, 3.05) is 5.32 Å². The highest BCUT2D eigenvalue weighted by atomic mass is 15.3. The molecular weight excluding hydrogens is 298 g/mol. The van der Waals surface area contributed by atoms with Gasteiger partial charge in [-0.3, -0.25) is 4.40 Å². The van der Waals surface area contributed by atoms with E-state index in [4.69, 9.17) is 0 Å². The summed E-state index contributed by atoms with van der Waals surface area (Å²) in [5, 5.41) is 11.6. The summed E-state index contributed by atoms with van der Waals surface area (Å²) in [6, 6.07) is 18.9. The van der Waals surface area contributed by atoms with Gasteiger partial charge < -0.3 is 5.32 Å². The lowest BCUT2D eigenvalue weighted by molar-refractivity contribution is 1.000. The van der Waals surface area contributed by atoms with Crippen molar-refractivity contribution in [3.63, 3.8) is 0 Å². The normalized spacial score (nSPS) is 10.9. The van der Waals surface area contributed by atoms with Gasteiger partial charge >= 0.3 is 0 Å². The van der Waals surface area contributed by atoms with Crippen LogP contribution >= 0.6 is 0 Å². The number of hydrogen-bond acceptors (Lipinski definition) is 4. The zero-order valence-corrected chi connectivity index (χ0v) is 13.3. The summed E-state index contributed by atoms with van der Waals surface area (Å²) in [6.07, 6.45) is 3.62. The molecule has 0 aliphatic rings. The van der Waals surface area contributed by atoms with Crippen molar-refractivity contribution >= 4 is 11.5 Å². The number of anilines is 1. The van der Waals surface area contributed by atoms with Crippen LogP contribution in [0, 0.1) is 6.92 Å². The van der Waals surface area contributed by atoms with Crippen LogP contribution in [0.2, 0.25) is 0 Å². The second-order valence-corrected chi connectivity index (χ2v) is 5.63. The number of hydrogen-bond donors (Lipinski definition) is 1. The number of rotatable bonds is 4. The van der Waals surface area contributed by atoms with Crippen molar-refractivity contribution in [2.24, 2.45) is 0 Å². The summed E-state index contributed by atoms with van der Waals surface area (Å²) in [7, 11) is 0. The van der Waals surface area contributed by atoms with E-state index in [0.29, 0.717) is 6.54 Å². The van der Waals surface area contributed by atoms with Gasteiger partial charge in [0.1, 0.15) is 5.82 Å². The Morgan fingerprint density at radius 3 is 2.46 bits per heavy atom. The number of benzene rings is 2. The Bertz CT molecular complexity index is 958. The van der Waals surface area contributed by atoms with Crippen LogP contribution < -0.4 is 5.32 Å². The molecule has 2 heterocycles. The highest BCUT2D eigenvalue weighted by Gasteiger charge is 2.07. The molecule has 4 rings (SSSR count). The van der Waals surface area contributed by atoms with Gasteiger partial charge in [0.25, 0.3) is 0 Å². The summed E-state index contributed by atoms with van der Waals surface area (Å²) < 4.78 is 1.92. The minimum atomic E-state index is 0.688. The summed E-state index contributed by atoms with van der Waals surface area (Å²) in [4.78, 5) is 4.37. The predicted octanol–water partition coefficient (Wildman–Crippen LogP) is 3.71. The van der Waals surface area contributed by atoms with Crippen molar-refractivity contribution in [1.29, 1.82) is 0 Å². The van der Waals surface area contributed by atoms with Crippen molar-refractivity contribution < 1.29 is 0 Å². The number of nitrogens with zero attached hydrogens (tertiary/aromatic N) is 4. The van der Waals surface area contributed by atoms with E-state index in [2.05, 4.69) is 69.0 Å². The van der Waals surface area contributed by atoms with Crippen molar-refractivity contribution in [3.8, 4) is 11.1 Å². The molecule has 0 saturated heterocycles. The molecule has 24 heavy (non-hydrogen) atoms. The lowest BCUT2D eigenvalue weighted by Crippen LogP contribution is -2.03. The highest BCUT2D eigenvalue weighted by molar-refractivity contribution is 5.64. The van der Waals surface area contributed by atoms with Crippen LogP contribution in [0.1, 0.15) is 11.4 Å². The van der Waals surface area contributed by atoms with Crippen LogP contribution in [0.5, 0.6) is 0 Å². The van der Waals surface area contributed by atoms with Gasteiger partial charge in [-0.15, -0.1) is 10.2 Å². The van der Waals surface area contributed by atoms with Crippen LogP contribution in [-0.2, 0) is 6.54 Å². The Morgan fingerprint density at radius 1 is 0.917 bits per heavy atom. The van der Waals surface area contributed by atoms with Gasteiger partial charge in [-0.05, 0) is 23.6 Å². The van der Waals surface area contributed by atoms with Gasteiger partial charge in [-0.2, -0.15) is 0 Å². The van der Waals surface area contributed by atoms with E-state index in [9.17, 15) is 0 Å². The topological polar surface area (TPSA) is 55.1 Å². The Kier molecular flexibility index (Phi) is 3.67. The monoisotopic (exact) mass is 315 g/mol. The lowest BCUT2D eigenvalue weighted by atomic mass is 10.0. The number of aryl methyl sites for hydroxylation is 1. The zero-order chi connectivity index (χ0) is 16.4. The van der Waals surface area contributed by atoms with Gasteiger partial charge in [0.2, 0.25) is 5.65 Å². The fourth-order valence-corrected chi connectivity index (χ4v) is 2.70. The van der Waals surface area contributed by atoms with Gasteiger partial charge in [0.15, 0.2) is 5.82 Å². The van der Waals surface area contributed by atoms with Gasteiger partial charge in [-0.25, -0.2) is 4.98 Å². The molecule has 2 aromatic heterocycles. The number of nitrogens with one attached hydrogen (secondary N) is 1. The molecule has 5 nitrogen and oxygen atoms in total. The summed E-state index contributed by atoms with van der Waals surface area (Å²) in [5.41, 5.74) is 4.38. The third kappa shape index (κ3) is 2.72. The molecule has 0 atom stereocenters. The lowest BCUT2D eigenvalue weighted by Gasteiger charge is -2.08. The van der Waals surface area contributed by atoms with E-state index in [0.717, 1.165) is 17.3 Å². The summed E-state index contributed by atoms with van der Waals surface area (Å²) in [6.45, 7) is 2.61. The Labute approximate surface area is 140 Å². The third-order valence-electron chi connectivity index (χ3n) is 4.02. The molecule has 0 saturated carbocycles. The molecular formula is C19H17N5. The molecule has 0 spiro atoms. The van der Waals surface area contributed by atoms with E-state index >= 15 is 0 Å². The molecule has 4 aromatic rings. The molecule has 1 N–H and O–H groups in total. The van der Waals surface area contributed by atoms with Crippen LogP contribution in [0.3, 0.4) is 0 Å². The molecule has 0 fully saturated rings. The molecule has 0 amide bonds. The molecule has 5 heteroatoms. The average molecular weight is 315 g/mol. The van der Waals surface area contributed by atoms with E-state index in [1.54, 1.807) is 6.20 Å². The smallest absolute Gasteiger partial charge is 0.203 e. The second kappa shape index (κ2) is 6.12. The Morgan fingerprint density at radius 2 is 1.67 bits per heavy atom. The molecule has 2 aromatic carbocycles. The minimum Gasteiger partial charge on any atom is -0.363 e. The first-order valence-corrected chi connectivity index (χ1v) is 7.86. The predicted molar refractivity (Wildman–Crippen MR) is 94.7 cm³/mol. The van der Waals surface area contributed by atoms with Crippen molar-refractivity contribution in [2.45, 2.75) is 13.5 Å². The van der Waals surface area contributed by atoms with E-state index in [-0.39, 0.29) is 0 Å².